The van der Waals surface area contributed by atoms with Gasteiger partial charge in [0.05, 0.1) is 6.07 Å². The quantitative estimate of drug-likeness (QED) is 0.742. The summed E-state index contributed by atoms with van der Waals surface area (Å²) in [6.45, 7) is 0. The summed E-state index contributed by atoms with van der Waals surface area (Å²) in [4.78, 5) is 24.2. The molecule has 6 heteroatoms. The first kappa shape index (κ1) is 19.0. The van der Waals surface area contributed by atoms with Crippen LogP contribution >= 0.6 is 23.2 Å². The Morgan fingerprint density at radius 2 is 1.72 bits per heavy atom. The largest absolute Gasteiger partial charge is 0.326 e. The summed E-state index contributed by atoms with van der Waals surface area (Å²) in [7, 11) is 0. The van der Waals surface area contributed by atoms with Crippen molar-refractivity contribution < 1.29 is 9.59 Å². The van der Waals surface area contributed by atoms with Gasteiger partial charge in [0.15, 0.2) is 5.78 Å². The molecule has 1 amide bonds. The summed E-state index contributed by atoms with van der Waals surface area (Å²) in [6, 6.07) is 15.6. The summed E-state index contributed by atoms with van der Waals surface area (Å²) in [5.41, 5.74) is 1.15. The predicted octanol–water partition coefficient (Wildman–Crippen LogP) is 4.98. The van der Waals surface area contributed by atoms with E-state index in [0.717, 1.165) is 0 Å². The van der Waals surface area contributed by atoms with E-state index in [4.69, 9.17) is 23.2 Å². The number of halogens is 2. The topological polar surface area (TPSA) is 70.0 Å². The van der Waals surface area contributed by atoms with Crippen molar-refractivity contribution in [1.29, 1.82) is 5.26 Å². The predicted molar refractivity (Wildman–Crippen MR) is 98.7 cm³/mol. The lowest BCUT2D eigenvalue weighted by atomic mass is 9.93. The van der Waals surface area contributed by atoms with Crippen LogP contribution in [0.15, 0.2) is 48.5 Å². The van der Waals surface area contributed by atoms with Crippen molar-refractivity contribution in [2.45, 2.75) is 25.2 Å². The first-order chi connectivity index (χ1) is 12.0. The van der Waals surface area contributed by atoms with Crippen LogP contribution in [0.5, 0.6) is 0 Å². The van der Waals surface area contributed by atoms with Crippen molar-refractivity contribution >= 4 is 40.6 Å². The van der Waals surface area contributed by atoms with Crippen LogP contribution in [0.4, 0.5) is 5.69 Å². The van der Waals surface area contributed by atoms with Gasteiger partial charge in [0.25, 0.3) is 0 Å². The van der Waals surface area contributed by atoms with Gasteiger partial charge in [-0.3, -0.25) is 9.59 Å². The second-order valence-electron chi connectivity index (χ2n) is 5.46. The molecule has 1 atom stereocenters. The van der Waals surface area contributed by atoms with Gasteiger partial charge in [0, 0.05) is 28.6 Å². The minimum Gasteiger partial charge on any atom is -0.326 e. The molecule has 4 nitrogen and oxygen atoms in total. The number of amides is 1. The molecule has 2 rings (SSSR count). The third-order valence-electron chi connectivity index (χ3n) is 3.62. The van der Waals surface area contributed by atoms with Crippen LogP contribution in [0.1, 0.15) is 30.7 Å². The van der Waals surface area contributed by atoms with Crippen LogP contribution in [0.3, 0.4) is 0 Å². The molecular formula is C19H16Cl2N2O2. The Labute approximate surface area is 156 Å². The number of carbonyl (C=O) groups excluding carboxylic acids is 2. The average Bonchev–Trinajstić information content (AvgIpc) is 2.59. The highest BCUT2D eigenvalue weighted by Crippen LogP contribution is 2.26. The fraction of sp³-hybridized carbons (Fsp3) is 0.211. The van der Waals surface area contributed by atoms with Crippen molar-refractivity contribution in [3.05, 3.63) is 64.1 Å². The standard InChI is InChI=1S/C19H16Cl2N2O2/c20-13-8-10-14(11-9-13)23-19(25)7-3-6-18(24)16(12-22)15-4-1-2-5-17(15)21/h1-2,4-5,8-11,16H,3,6-7H2,(H,23,25). The van der Waals surface area contributed by atoms with Crippen molar-refractivity contribution in [3.8, 4) is 6.07 Å². The molecule has 2 aromatic rings. The number of anilines is 1. The Morgan fingerprint density at radius 3 is 2.36 bits per heavy atom. The van der Waals surface area contributed by atoms with E-state index in [-0.39, 0.29) is 24.5 Å². The highest BCUT2D eigenvalue weighted by molar-refractivity contribution is 6.31. The molecule has 0 radical (unpaired) electrons. The summed E-state index contributed by atoms with van der Waals surface area (Å²) in [5.74, 6) is -1.34. The summed E-state index contributed by atoms with van der Waals surface area (Å²) < 4.78 is 0. The van der Waals surface area contributed by atoms with Gasteiger partial charge in [-0.15, -0.1) is 0 Å². The number of nitrogens with one attached hydrogen (secondary N) is 1. The van der Waals surface area contributed by atoms with Gasteiger partial charge < -0.3 is 5.32 Å². The van der Waals surface area contributed by atoms with Crippen molar-refractivity contribution in [1.82, 2.24) is 0 Å². The molecule has 25 heavy (non-hydrogen) atoms. The number of benzene rings is 2. The van der Waals surface area contributed by atoms with Gasteiger partial charge in [-0.1, -0.05) is 41.4 Å². The molecule has 0 fully saturated rings. The van der Waals surface area contributed by atoms with Crippen molar-refractivity contribution in [2.24, 2.45) is 0 Å². The SMILES string of the molecule is N#CC(C(=O)CCCC(=O)Nc1ccc(Cl)cc1)c1ccccc1Cl. The molecule has 0 aliphatic heterocycles. The molecule has 0 aliphatic rings. The maximum Gasteiger partial charge on any atom is 0.224 e. The highest BCUT2D eigenvalue weighted by atomic mass is 35.5. The van der Waals surface area contributed by atoms with E-state index in [1.54, 1.807) is 48.5 Å². The maximum atomic E-state index is 12.3. The number of Topliss-reactive ketones (excluding diaryl/α,β-unsaturated/α-hetero) is 1. The minimum atomic E-state index is -0.909. The molecule has 0 aliphatic carbocycles. The first-order valence-electron chi connectivity index (χ1n) is 7.73. The van der Waals surface area contributed by atoms with Gasteiger partial charge in [0.1, 0.15) is 5.92 Å². The number of rotatable bonds is 7. The van der Waals surface area contributed by atoms with E-state index in [1.165, 1.54) is 0 Å². The smallest absolute Gasteiger partial charge is 0.224 e. The highest BCUT2D eigenvalue weighted by Gasteiger charge is 2.22. The molecule has 0 saturated heterocycles. The van der Waals surface area contributed by atoms with E-state index < -0.39 is 5.92 Å². The molecule has 0 saturated carbocycles. The zero-order valence-corrected chi connectivity index (χ0v) is 14.8. The summed E-state index contributed by atoms with van der Waals surface area (Å²) in [6.07, 6.45) is 0.688. The monoisotopic (exact) mass is 374 g/mol. The van der Waals surface area contributed by atoms with E-state index in [2.05, 4.69) is 5.32 Å². The lowest BCUT2D eigenvalue weighted by molar-refractivity contribution is -0.119. The number of carbonyl (C=O) groups is 2. The molecule has 1 unspecified atom stereocenters. The molecule has 128 valence electrons. The fourth-order valence-corrected chi connectivity index (χ4v) is 2.72. The number of nitriles is 1. The Balaban J connectivity index is 1.85. The van der Waals surface area contributed by atoms with Crippen LogP contribution in [0.25, 0.3) is 0 Å². The van der Waals surface area contributed by atoms with Crippen LogP contribution in [0.2, 0.25) is 10.0 Å². The van der Waals surface area contributed by atoms with Gasteiger partial charge in [-0.25, -0.2) is 0 Å². The number of hydrogen-bond acceptors (Lipinski definition) is 3. The Kier molecular flexibility index (Phi) is 7.00. The van der Waals surface area contributed by atoms with Crippen molar-refractivity contribution in [3.63, 3.8) is 0 Å². The fourth-order valence-electron chi connectivity index (χ4n) is 2.35. The van der Waals surface area contributed by atoms with E-state index >= 15 is 0 Å². The minimum absolute atomic E-state index is 0.136. The Morgan fingerprint density at radius 1 is 1.04 bits per heavy atom. The van der Waals surface area contributed by atoms with E-state index in [9.17, 15) is 14.9 Å². The van der Waals surface area contributed by atoms with E-state index in [0.29, 0.717) is 27.7 Å². The molecule has 0 heterocycles. The zero-order chi connectivity index (χ0) is 18.2. The normalized spacial score (nSPS) is 11.4. The lowest BCUT2D eigenvalue weighted by Gasteiger charge is -2.10. The average molecular weight is 375 g/mol. The molecular weight excluding hydrogens is 359 g/mol. The van der Waals surface area contributed by atoms with E-state index in [1.807, 2.05) is 6.07 Å². The number of ketones is 1. The van der Waals surface area contributed by atoms with Crippen LogP contribution in [-0.2, 0) is 9.59 Å². The van der Waals surface area contributed by atoms with Gasteiger partial charge in [-0.05, 0) is 42.3 Å². The molecule has 2 aromatic carbocycles. The van der Waals surface area contributed by atoms with Crippen LogP contribution in [0, 0.1) is 11.3 Å². The second-order valence-corrected chi connectivity index (χ2v) is 6.30. The third-order valence-corrected chi connectivity index (χ3v) is 4.22. The van der Waals surface area contributed by atoms with Gasteiger partial charge >= 0.3 is 0 Å². The molecule has 0 spiro atoms. The molecule has 1 N–H and O–H groups in total. The molecule has 0 bridgehead atoms. The second kappa shape index (κ2) is 9.22. The van der Waals surface area contributed by atoms with Crippen LogP contribution in [-0.4, -0.2) is 11.7 Å². The Hall–Kier alpha value is -2.35. The number of hydrogen-bond donors (Lipinski definition) is 1. The first-order valence-corrected chi connectivity index (χ1v) is 8.49. The van der Waals surface area contributed by atoms with Gasteiger partial charge in [0.2, 0.25) is 5.91 Å². The molecule has 0 aromatic heterocycles. The van der Waals surface area contributed by atoms with Crippen molar-refractivity contribution in [2.75, 3.05) is 5.32 Å². The van der Waals surface area contributed by atoms with Crippen LogP contribution < -0.4 is 5.32 Å². The summed E-state index contributed by atoms with van der Waals surface area (Å²) >= 11 is 11.8. The number of nitrogens with zero attached hydrogens (tertiary/aromatic N) is 1. The van der Waals surface area contributed by atoms with Gasteiger partial charge in [-0.2, -0.15) is 5.26 Å². The lowest BCUT2D eigenvalue weighted by Crippen LogP contribution is -2.14. The maximum absolute atomic E-state index is 12.3. The Bertz CT molecular complexity index is 798. The third kappa shape index (κ3) is 5.60. The zero-order valence-electron chi connectivity index (χ0n) is 13.3. The summed E-state index contributed by atoms with van der Waals surface area (Å²) in [5, 5.41) is 13.0.